The highest BCUT2D eigenvalue weighted by Crippen LogP contribution is 2.31. The summed E-state index contributed by atoms with van der Waals surface area (Å²) in [6.45, 7) is 4.14. The number of imidazole rings is 1. The molecule has 0 unspecified atom stereocenters. The van der Waals surface area contributed by atoms with Crippen molar-refractivity contribution in [2.24, 2.45) is 5.92 Å². The van der Waals surface area contributed by atoms with Gasteiger partial charge in [0.2, 0.25) is 11.8 Å². The SMILES string of the molecule is CN(CCn1ccnc1)c1ncc(Oc2cc(CN3CCC(CC=O)CC3)cc(-c3cc(Cl)cc(Cl)c3)n2)cn1. The Labute approximate surface area is 243 Å². The Morgan fingerprint density at radius 2 is 1.82 bits per heavy atom. The number of aromatic nitrogens is 5. The van der Waals surface area contributed by atoms with Crippen LogP contribution in [-0.2, 0) is 17.9 Å². The molecule has 0 spiro atoms. The molecule has 3 aromatic heterocycles. The molecular formula is C29H31Cl2N7O2. The van der Waals surface area contributed by atoms with E-state index in [1.54, 1.807) is 31.0 Å². The minimum absolute atomic E-state index is 0.434. The van der Waals surface area contributed by atoms with Gasteiger partial charge in [0.05, 0.1) is 24.4 Å². The molecule has 5 rings (SSSR count). The van der Waals surface area contributed by atoms with Crippen molar-refractivity contribution in [3.8, 4) is 22.9 Å². The van der Waals surface area contributed by atoms with Crippen LogP contribution in [0.5, 0.6) is 11.6 Å². The van der Waals surface area contributed by atoms with Gasteiger partial charge >= 0.3 is 0 Å². The predicted octanol–water partition coefficient (Wildman–Crippen LogP) is 5.77. The van der Waals surface area contributed by atoms with Gasteiger partial charge < -0.3 is 19.0 Å². The van der Waals surface area contributed by atoms with Gasteiger partial charge in [-0.25, -0.2) is 19.9 Å². The number of likely N-dealkylation sites (N-methyl/N-ethyl adjacent to an activating group) is 1. The summed E-state index contributed by atoms with van der Waals surface area (Å²) < 4.78 is 8.15. The summed E-state index contributed by atoms with van der Waals surface area (Å²) in [6.07, 6.45) is 12.5. The quantitative estimate of drug-likeness (QED) is 0.207. The number of benzene rings is 1. The van der Waals surface area contributed by atoms with Gasteiger partial charge in [0, 0.05) is 67.2 Å². The van der Waals surface area contributed by atoms with Crippen molar-refractivity contribution in [1.29, 1.82) is 0 Å². The highest BCUT2D eigenvalue weighted by molar-refractivity contribution is 6.35. The first-order chi connectivity index (χ1) is 19.4. The van der Waals surface area contributed by atoms with Gasteiger partial charge in [0.25, 0.3) is 0 Å². The lowest BCUT2D eigenvalue weighted by atomic mass is 9.94. The molecule has 0 bridgehead atoms. The molecule has 0 radical (unpaired) electrons. The van der Waals surface area contributed by atoms with Crippen molar-refractivity contribution in [3.63, 3.8) is 0 Å². The molecule has 11 heteroatoms. The molecular weight excluding hydrogens is 549 g/mol. The number of aldehydes is 1. The van der Waals surface area contributed by atoms with Crippen LogP contribution < -0.4 is 9.64 Å². The van der Waals surface area contributed by atoms with Gasteiger partial charge in [0.15, 0.2) is 5.75 Å². The van der Waals surface area contributed by atoms with E-state index in [9.17, 15) is 4.79 Å². The van der Waals surface area contributed by atoms with E-state index in [0.717, 1.165) is 63.0 Å². The lowest BCUT2D eigenvalue weighted by Crippen LogP contribution is -2.33. The predicted molar refractivity (Wildman–Crippen MR) is 156 cm³/mol. The van der Waals surface area contributed by atoms with Crippen LogP contribution in [0.25, 0.3) is 11.3 Å². The maximum atomic E-state index is 10.9. The molecule has 1 fully saturated rings. The number of carbonyl (C=O) groups is 1. The van der Waals surface area contributed by atoms with Crippen molar-refractivity contribution in [2.45, 2.75) is 32.4 Å². The Bertz CT molecular complexity index is 1390. The van der Waals surface area contributed by atoms with Crippen molar-refractivity contribution in [1.82, 2.24) is 29.4 Å². The van der Waals surface area contributed by atoms with E-state index in [1.165, 1.54) is 0 Å². The lowest BCUT2D eigenvalue weighted by molar-refractivity contribution is -0.108. The minimum atomic E-state index is 0.434. The number of nitrogens with zero attached hydrogens (tertiary/aromatic N) is 7. The topological polar surface area (TPSA) is 89.3 Å². The van der Waals surface area contributed by atoms with Crippen LogP contribution in [0.15, 0.2) is 61.4 Å². The molecule has 0 saturated carbocycles. The number of halogens is 2. The summed E-state index contributed by atoms with van der Waals surface area (Å²) in [4.78, 5) is 33.1. The summed E-state index contributed by atoms with van der Waals surface area (Å²) in [5.41, 5.74) is 2.58. The van der Waals surface area contributed by atoms with Crippen LogP contribution in [0.3, 0.4) is 0 Å². The Kier molecular flexibility index (Phi) is 9.26. The van der Waals surface area contributed by atoms with Crippen LogP contribution in [0, 0.1) is 5.92 Å². The summed E-state index contributed by atoms with van der Waals surface area (Å²) in [7, 11) is 1.95. The van der Waals surface area contributed by atoms with E-state index in [0.29, 0.717) is 45.7 Å². The second-order valence-electron chi connectivity index (χ2n) is 10.0. The van der Waals surface area contributed by atoms with Gasteiger partial charge in [-0.1, -0.05) is 23.2 Å². The molecule has 208 valence electrons. The number of piperidine rings is 1. The molecule has 0 aliphatic carbocycles. The molecule has 1 saturated heterocycles. The Balaban J connectivity index is 1.32. The molecule has 0 N–H and O–H groups in total. The first-order valence-corrected chi connectivity index (χ1v) is 14.0. The van der Waals surface area contributed by atoms with E-state index in [2.05, 4.69) is 19.9 Å². The molecule has 1 aliphatic rings. The van der Waals surface area contributed by atoms with Crippen molar-refractivity contribution < 1.29 is 9.53 Å². The maximum absolute atomic E-state index is 10.9. The third kappa shape index (κ3) is 7.56. The lowest BCUT2D eigenvalue weighted by Gasteiger charge is -2.31. The Hall–Kier alpha value is -3.53. The largest absolute Gasteiger partial charge is 0.436 e. The molecule has 1 aromatic carbocycles. The van der Waals surface area contributed by atoms with Crippen LogP contribution in [0.1, 0.15) is 24.8 Å². The van der Waals surface area contributed by atoms with E-state index >= 15 is 0 Å². The zero-order valence-corrected chi connectivity index (χ0v) is 23.8. The zero-order chi connectivity index (χ0) is 27.9. The fourth-order valence-corrected chi connectivity index (χ4v) is 5.32. The van der Waals surface area contributed by atoms with Crippen LogP contribution in [-0.4, -0.2) is 62.4 Å². The Morgan fingerprint density at radius 3 is 2.50 bits per heavy atom. The van der Waals surface area contributed by atoms with Crippen LogP contribution >= 0.6 is 23.2 Å². The summed E-state index contributed by atoms with van der Waals surface area (Å²) in [5, 5.41) is 1.08. The van der Waals surface area contributed by atoms with E-state index < -0.39 is 0 Å². The maximum Gasteiger partial charge on any atom is 0.225 e. The zero-order valence-electron chi connectivity index (χ0n) is 22.3. The molecule has 9 nitrogen and oxygen atoms in total. The molecule has 4 aromatic rings. The first-order valence-electron chi connectivity index (χ1n) is 13.3. The average molecular weight is 581 g/mol. The fourth-order valence-electron chi connectivity index (χ4n) is 4.79. The van der Waals surface area contributed by atoms with Crippen molar-refractivity contribution in [2.75, 3.05) is 31.6 Å². The van der Waals surface area contributed by atoms with Gasteiger partial charge in [0.1, 0.15) is 6.29 Å². The number of pyridine rings is 1. The molecule has 1 aliphatic heterocycles. The number of hydrogen-bond acceptors (Lipinski definition) is 8. The molecule has 40 heavy (non-hydrogen) atoms. The number of hydrogen-bond donors (Lipinski definition) is 0. The van der Waals surface area contributed by atoms with Crippen molar-refractivity contribution in [3.05, 3.63) is 77.1 Å². The smallest absolute Gasteiger partial charge is 0.225 e. The third-order valence-corrected chi connectivity index (χ3v) is 7.43. The summed E-state index contributed by atoms with van der Waals surface area (Å²) in [5.74, 6) is 1.99. The number of anilines is 1. The van der Waals surface area contributed by atoms with Gasteiger partial charge in [-0.15, -0.1) is 0 Å². The monoisotopic (exact) mass is 579 g/mol. The average Bonchev–Trinajstić information content (AvgIpc) is 3.47. The van der Waals surface area contributed by atoms with Gasteiger partial charge in [-0.3, -0.25) is 4.90 Å². The summed E-state index contributed by atoms with van der Waals surface area (Å²) in [6, 6.07) is 9.36. The molecule has 0 amide bonds. The molecule has 4 heterocycles. The van der Waals surface area contributed by atoms with E-state index in [-0.39, 0.29) is 0 Å². The number of ether oxygens (including phenoxy) is 1. The van der Waals surface area contributed by atoms with Crippen molar-refractivity contribution >= 4 is 35.4 Å². The number of likely N-dealkylation sites (tertiary alicyclic amines) is 1. The summed E-state index contributed by atoms with van der Waals surface area (Å²) >= 11 is 12.6. The number of rotatable bonds is 11. The highest BCUT2D eigenvalue weighted by Gasteiger charge is 2.20. The van der Waals surface area contributed by atoms with Gasteiger partial charge in [-0.05, 0) is 61.7 Å². The minimum Gasteiger partial charge on any atom is -0.436 e. The molecule has 0 atom stereocenters. The Morgan fingerprint density at radius 1 is 1.07 bits per heavy atom. The van der Waals surface area contributed by atoms with E-state index in [1.807, 2.05) is 47.0 Å². The fraction of sp³-hybridized carbons (Fsp3) is 0.345. The van der Waals surface area contributed by atoms with E-state index in [4.69, 9.17) is 32.9 Å². The second kappa shape index (κ2) is 13.2. The first kappa shape index (κ1) is 28.0. The van der Waals surface area contributed by atoms with Crippen LogP contribution in [0.4, 0.5) is 5.95 Å². The second-order valence-corrected chi connectivity index (χ2v) is 10.9. The normalized spacial score (nSPS) is 14.3. The van der Waals surface area contributed by atoms with Gasteiger partial charge in [-0.2, -0.15) is 0 Å². The highest BCUT2D eigenvalue weighted by atomic mass is 35.5. The third-order valence-electron chi connectivity index (χ3n) is 6.99. The number of carbonyl (C=O) groups excluding carboxylic acids is 1. The standard InChI is InChI=1S/C29H31Cl2N7O2/c1-36(9-10-38-8-5-32-20-38)29-33-17-26(18-34-29)40-28-13-22(19-37-6-2-21(3-7-37)4-11-39)12-27(35-28)23-14-24(30)16-25(31)15-23/h5,8,11-18,20-21H,2-4,6-7,9-10,19H2,1H3. The van der Waals surface area contributed by atoms with Crippen LogP contribution in [0.2, 0.25) is 10.0 Å².